The van der Waals surface area contributed by atoms with Crippen LogP contribution in [0.2, 0.25) is 0 Å². The lowest BCUT2D eigenvalue weighted by Crippen LogP contribution is -2.50. The lowest BCUT2D eigenvalue weighted by molar-refractivity contribution is -0.166. The van der Waals surface area contributed by atoms with Crippen LogP contribution in [-0.4, -0.2) is 64.8 Å². The summed E-state index contributed by atoms with van der Waals surface area (Å²) >= 11 is 0. The minimum atomic E-state index is -1.08. The Morgan fingerprint density at radius 2 is 1.88 bits per heavy atom. The van der Waals surface area contributed by atoms with E-state index in [9.17, 15) is 29.4 Å². The SMILES string of the molecule is CC(=O)NC(C(=O)NCC(=O)Nc1ccc(C)c(CCC2CC(O)CC(C(=O)O)O2)c1)C(C)C. The van der Waals surface area contributed by atoms with Crippen LogP contribution < -0.4 is 16.0 Å². The molecule has 4 atom stereocenters. The monoisotopic (exact) mass is 477 g/mol. The van der Waals surface area contributed by atoms with E-state index in [1.54, 1.807) is 19.9 Å². The molecule has 34 heavy (non-hydrogen) atoms. The summed E-state index contributed by atoms with van der Waals surface area (Å²) in [7, 11) is 0. The van der Waals surface area contributed by atoms with Gasteiger partial charge in [-0.3, -0.25) is 14.4 Å². The van der Waals surface area contributed by atoms with Gasteiger partial charge < -0.3 is 30.9 Å². The first-order valence-corrected chi connectivity index (χ1v) is 11.5. The van der Waals surface area contributed by atoms with Gasteiger partial charge in [-0.25, -0.2) is 4.79 Å². The Hall–Kier alpha value is -2.98. The zero-order valence-corrected chi connectivity index (χ0v) is 20.1. The van der Waals surface area contributed by atoms with Crippen LogP contribution in [0.15, 0.2) is 18.2 Å². The highest BCUT2D eigenvalue weighted by atomic mass is 16.5. The zero-order chi connectivity index (χ0) is 25.4. The maximum atomic E-state index is 12.4. The third-order valence-electron chi connectivity index (χ3n) is 5.75. The minimum Gasteiger partial charge on any atom is -0.479 e. The highest BCUT2D eigenvalue weighted by Gasteiger charge is 2.32. The van der Waals surface area contributed by atoms with Gasteiger partial charge in [0.2, 0.25) is 17.7 Å². The van der Waals surface area contributed by atoms with Crippen molar-refractivity contribution in [3.8, 4) is 0 Å². The van der Waals surface area contributed by atoms with Gasteiger partial charge in [-0.2, -0.15) is 0 Å². The molecule has 1 fully saturated rings. The molecule has 0 saturated carbocycles. The third-order valence-corrected chi connectivity index (χ3v) is 5.75. The second kappa shape index (κ2) is 12.5. The summed E-state index contributed by atoms with van der Waals surface area (Å²) in [5, 5.41) is 27.0. The maximum absolute atomic E-state index is 12.4. The number of rotatable bonds is 10. The quantitative estimate of drug-likeness (QED) is 0.338. The number of carbonyl (C=O) groups is 4. The van der Waals surface area contributed by atoms with E-state index < -0.39 is 36.0 Å². The van der Waals surface area contributed by atoms with Crippen molar-refractivity contribution >= 4 is 29.4 Å². The van der Waals surface area contributed by atoms with Crippen molar-refractivity contribution in [2.45, 2.75) is 77.7 Å². The molecule has 1 heterocycles. The molecular weight excluding hydrogens is 442 g/mol. The molecule has 3 amide bonds. The topological polar surface area (TPSA) is 154 Å². The molecule has 0 bridgehead atoms. The van der Waals surface area contributed by atoms with Crippen LogP contribution in [0.1, 0.15) is 51.2 Å². The van der Waals surface area contributed by atoms with E-state index in [4.69, 9.17) is 4.74 Å². The molecule has 188 valence electrons. The summed E-state index contributed by atoms with van der Waals surface area (Å²) in [6.07, 6.45) is -0.479. The number of aliphatic hydroxyl groups is 1. The smallest absolute Gasteiger partial charge is 0.332 e. The van der Waals surface area contributed by atoms with Crippen molar-refractivity contribution in [3.05, 3.63) is 29.3 Å². The van der Waals surface area contributed by atoms with E-state index in [1.165, 1.54) is 6.92 Å². The van der Waals surface area contributed by atoms with E-state index in [2.05, 4.69) is 16.0 Å². The first kappa shape index (κ1) is 27.3. The number of anilines is 1. The summed E-state index contributed by atoms with van der Waals surface area (Å²) in [6, 6.07) is 4.73. The van der Waals surface area contributed by atoms with Crippen molar-refractivity contribution in [1.29, 1.82) is 0 Å². The normalized spacial score (nSPS) is 20.9. The van der Waals surface area contributed by atoms with Crippen LogP contribution in [0.4, 0.5) is 5.69 Å². The summed E-state index contributed by atoms with van der Waals surface area (Å²) in [6.45, 7) is 6.63. The number of carbonyl (C=O) groups excluding carboxylic acids is 3. The predicted molar refractivity (Wildman–Crippen MR) is 125 cm³/mol. The van der Waals surface area contributed by atoms with Gasteiger partial charge in [0.15, 0.2) is 6.10 Å². The van der Waals surface area contributed by atoms with Gasteiger partial charge in [0.05, 0.1) is 18.8 Å². The average molecular weight is 478 g/mol. The number of benzene rings is 1. The van der Waals surface area contributed by atoms with Crippen LogP contribution in [0.25, 0.3) is 0 Å². The van der Waals surface area contributed by atoms with E-state index >= 15 is 0 Å². The second-order valence-corrected chi connectivity index (χ2v) is 9.08. The van der Waals surface area contributed by atoms with Gasteiger partial charge in [-0.05, 0) is 55.4 Å². The molecule has 1 aliphatic rings. The highest BCUT2D eigenvalue weighted by Crippen LogP contribution is 2.25. The van der Waals surface area contributed by atoms with Gasteiger partial charge in [0.1, 0.15) is 6.04 Å². The molecule has 10 heteroatoms. The second-order valence-electron chi connectivity index (χ2n) is 9.08. The van der Waals surface area contributed by atoms with Gasteiger partial charge in [-0.15, -0.1) is 0 Å². The fourth-order valence-corrected chi connectivity index (χ4v) is 3.91. The van der Waals surface area contributed by atoms with Gasteiger partial charge in [-0.1, -0.05) is 19.9 Å². The van der Waals surface area contributed by atoms with Crippen LogP contribution in [-0.2, 0) is 30.3 Å². The Bertz CT molecular complexity index is 903. The summed E-state index contributed by atoms with van der Waals surface area (Å²) in [5.74, 6) is -2.37. The van der Waals surface area contributed by atoms with Gasteiger partial charge in [0, 0.05) is 19.0 Å². The highest BCUT2D eigenvalue weighted by molar-refractivity contribution is 5.96. The summed E-state index contributed by atoms with van der Waals surface area (Å²) < 4.78 is 5.59. The van der Waals surface area contributed by atoms with E-state index in [0.717, 1.165) is 11.1 Å². The van der Waals surface area contributed by atoms with E-state index in [0.29, 0.717) is 24.9 Å². The standard InChI is InChI=1S/C24H35N3O7/c1-13(2)22(26-15(4)28)23(31)25-12-21(30)27-17-7-5-14(3)16(9-17)6-8-19-10-18(29)11-20(34-19)24(32)33/h5,7,9,13,18-20,22,29H,6,8,10-12H2,1-4H3,(H,25,31)(H,26,28)(H,27,30)(H,32,33). The fourth-order valence-electron chi connectivity index (χ4n) is 3.91. The Labute approximate surface area is 199 Å². The van der Waals surface area contributed by atoms with E-state index in [1.807, 2.05) is 19.1 Å². The predicted octanol–water partition coefficient (Wildman–Crippen LogP) is 1.14. The van der Waals surface area contributed by atoms with Gasteiger partial charge in [0.25, 0.3) is 0 Å². The molecular formula is C24H35N3O7. The molecule has 2 rings (SSSR count). The number of amides is 3. The van der Waals surface area contributed by atoms with Crippen LogP contribution >= 0.6 is 0 Å². The molecule has 0 radical (unpaired) electrons. The molecule has 10 nitrogen and oxygen atoms in total. The maximum Gasteiger partial charge on any atom is 0.332 e. The minimum absolute atomic E-state index is 0.0889. The number of aryl methyl sites for hydroxylation is 2. The molecule has 1 aromatic rings. The lowest BCUT2D eigenvalue weighted by atomic mass is 9.95. The molecule has 4 unspecified atom stereocenters. The number of hydrogen-bond acceptors (Lipinski definition) is 6. The Morgan fingerprint density at radius 1 is 1.18 bits per heavy atom. The molecule has 0 aromatic heterocycles. The molecule has 1 saturated heterocycles. The lowest BCUT2D eigenvalue weighted by Gasteiger charge is -2.31. The Morgan fingerprint density at radius 3 is 2.50 bits per heavy atom. The average Bonchev–Trinajstić information content (AvgIpc) is 2.75. The molecule has 0 aliphatic carbocycles. The molecule has 1 aliphatic heterocycles. The summed E-state index contributed by atoms with van der Waals surface area (Å²) in [5.41, 5.74) is 2.53. The van der Waals surface area contributed by atoms with Crippen LogP contribution in [0.3, 0.4) is 0 Å². The third kappa shape index (κ3) is 8.42. The van der Waals surface area contributed by atoms with Crippen LogP contribution in [0.5, 0.6) is 0 Å². The molecule has 5 N–H and O–H groups in total. The van der Waals surface area contributed by atoms with E-state index in [-0.39, 0.29) is 30.9 Å². The first-order chi connectivity index (χ1) is 16.0. The van der Waals surface area contributed by atoms with Crippen LogP contribution in [0, 0.1) is 12.8 Å². The van der Waals surface area contributed by atoms with Crippen molar-refractivity contribution < 1.29 is 34.1 Å². The Balaban J connectivity index is 1.91. The number of hydrogen-bond donors (Lipinski definition) is 5. The van der Waals surface area contributed by atoms with Crippen molar-refractivity contribution in [1.82, 2.24) is 10.6 Å². The number of ether oxygens (including phenoxy) is 1. The number of aliphatic carboxylic acids is 1. The van der Waals surface area contributed by atoms with Crippen molar-refractivity contribution in [3.63, 3.8) is 0 Å². The molecule has 0 spiro atoms. The van der Waals surface area contributed by atoms with Crippen molar-refractivity contribution in [2.75, 3.05) is 11.9 Å². The molecule has 1 aromatic carbocycles. The zero-order valence-electron chi connectivity index (χ0n) is 20.1. The fraction of sp³-hybridized carbons (Fsp3) is 0.583. The Kier molecular flexibility index (Phi) is 10.0. The largest absolute Gasteiger partial charge is 0.479 e. The number of carboxylic acids is 1. The number of aliphatic hydroxyl groups excluding tert-OH is 1. The first-order valence-electron chi connectivity index (χ1n) is 11.5. The van der Waals surface area contributed by atoms with Gasteiger partial charge >= 0.3 is 5.97 Å². The summed E-state index contributed by atoms with van der Waals surface area (Å²) in [4.78, 5) is 47.2. The number of nitrogens with one attached hydrogen (secondary N) is 3. The van der Waals surface area contributed by atoms with Crippen molar-refractivity contribution in [2.24, 2.45) is 5.92 Å². The number of carboxylic acid groups (broad SMARTS) is 1.